The number of hydrogen-bond donors (Lipinski definition) is 2. The summed E-state index contributed by atoms with van der Waals surface area (Å²) >= 11 is 0. The number of nitrogens with zero attached hydrogens (tertiary/aromatic N) is 2. The van der Waals surface area contributed by atoms with Crippen molar-refractivity contribution in [3.63, 3.8) is 0 Å². The molecule has 0 aliphatic carbocycles. The zero-order chi connectivity index (χ0) is 11.4. The van der Waals surface area contributed by atoms with Crippen molar-refractivity contribution in [1.82, 2.24) is 15.3 Å². The lowest BCUT2D eigenvalue weighted by Gasteiger charge is -2.31. The van der Waals surface area contributed by atoms with Crippen molar-refractivity contribution in [1.29, 1.82) is 0 Å². The van der Waals surface area contributed by atoms with Crippen LogP contribution in [0.4, 0.5) is 14.6 Å². The van der Waals surface area contributed by atoms with Gasteiger partial charge >= 0.3 is 0 Å². The zero-order valence-corrected chi connectivity index (χ0v) is 8.79. The Hall–Kier alpha value is -1.30. The maximum absolute atomic E-state index is 13.4. The summed E-state index contributed by atoms with van der Waals surface area (Å²) < 4.78 is 26.9. The first-order chi connectivity index (χ1) is 7.68. The van der Waals surface area contributed by atoms with Gasteiger partial charge in [-0.05, 0) is 13.0 Å². The summed E-state index contributed by atoms with van der Waals surface area (Å²) in [6, 6.07) is 0. The molecule has 2 heterocycles. The van der Waals surface area contributed by atoms with Crippen molar-refractivity contribution in [3.05, 3.63) is 18.6 Å². The quantitative estimate of drug-likeness (QED) is 0.814. The molecule has 1 fully saturated rings. The van der Waals surface area contributed by atoms with Gasteiger partial charge in [-0.3, -0.25) is 4.98 Å². The van der Waals surface area contributed by atoms with Crippen molar-refractivity contribution in [3.8, 4) is 0 Å². The number of nitrogens with one attached hydrogen (secondary N) is 2. The fourth-order valence-corrected chi connectivity index (χ4v) is 1.76. The third-order valence-corrected chi connectivity index (χ3v) is 2.72. The predicted molar refractivity (Wildman–Crippen MR) is 56.4 cm³/mol. The minimum atomic E-state index is -2.65. The molecule has 16 heavy (non-hydrogen) atoms. The van der Waals surface area contributed by atoms with Gasteiger partial charge in [0.05, 0.1) is 12.7 Å². The van der Waals surface area contributed by atoms with Crippen LogP contribution >= 0.6 is 0 Å². The van der Waals surface area contributed by atoms with E-state index in [1.807, 2.05) is 0 Å². The summed E-state index contributed by atoms with van der Waals surface area (Å²) in [6.45, 7) is 0.635. The molecular formula is C10H14F2N4. The first-order valence-electron chi connectivity index (χ1n) is 5.27. The minimum Gasteiger partial charge on any atom is -0.368 e. The van der Waals surface area contributed by atoms with Crippen molar-refractivity contribution in [2.24, 2.45) is 5.92 Å². The van der Waals surface area contributed by atoms with Crippen LogP contribution in [-0.2, 0) is 0 Å². The van der Waals surface area contributed by atoms with Gasteiger partial charge in [-0.15, -0.1) is 0 Å². The molecule has 1 aromatic heterocycles. The molecular weight excluding hydrogens is 214 g/mol. The van der Waals surface area contributed by atoms with E-state index in [0.29, 0.717) is 18.8 Å². The van der Waals surface area contributed by atoms with Crippen LogP contribution in [0.15, 0.2) is 18.6 Å². The summed E-state index contributed by atoms with van der Waals surface area (Å²) in [6.07, 6.45) is 5.08. The van der Waals surface area contributed by atoms with Crippen LogP contribution in [-0.4, -0.2) is 35.5 Å². The highest BCUT2D eigenvalue weighted by atomic mass is 19.3. The molecule has 1 aromatic rings. The molecule has 2 N–H and O–H groups in total. The molecule has 1 saturated heterocycles. The minimum absolute atomic E-state index is 0.230. The number of alkyl halides is 2. The predicted octanol–water partition coefficient (Wildman–Crippen LogP) is 1.13. The molecule has 6 heteroatoms. The lowest BCUT2D eigenvalue weighted by molar-refractivity contribution is -0.0678. The fraction of sp³-hybridized carbons (Fsp3) is 0.600. The largest absolute Gasteiger partial charge is 0.368 e. The Labute approximate surface area is 92.5 Å². The molecule has 0 amide bonds. The van der Waals surface area contributed by atoms with E-state index in [2.05, 4.69) is 20.6 Å². The normalized spacial score (nSPS) is 24.0. The van der Waals surface area contributed by atoms with Crippen LogP contribution < -0.4 is 10.6 Å². The number of halogens is 2. The molecule has 0 aromatic carbocycles. The second-order valence-electron chi connectivity index (χ2n) is 3.89. The van der Waals surface area contributed by atoms with E-state index in [0.717, 1.165) is 0 Å². The van der Waals surface area contributed by atoms with Crippen molar-refractivity contribution >= 4 is 5.82 Å². The van der Waals surface area contributed by atoms with Crippen LogP contribution in [0, 0.1) is 5.92 Å². The number of aromatic nitrogens is 2. The summed E-state index contributed by atoms with van der Waals surface area (Å²) in [7, 11) is 0. The van der Waals surface area contributed by atoms with Gasteiger partial charge in [0, 0.05) is 24.9 Å². The second-order valence-corrected chi connectivity index (χ2v) is 3.89. The van der Waals surface area contributed by atoms with Crippen LogP contribution in [0.5, 0.6) is 0 Å². The lowest BCUT2D eigenvalue weighted by Crippen LogP contribution is -2.48. The number of anilines is 1. The van der Waals surface area contributed by atoms with E-state index in [1.54, 1.807) is 6.20 Å². The van der Waals surface area contributed by atoms with Crippen molar-refractivity contribution in [2.75, 3.05) is 25.0 Å². The Kier molecular flexibility index (Phi) is 3.28. The maximum atomic E-state index is 13.4. The highest BCUT2D eigenvalue weighted by Gasteiger charge is 2.41. The molecule has 0 spiro atoms. The van der Waals surface area contributed by atoms with E-state index in [1.165, 1.54) is 12.4 Å². The highest BCUT2D eigenvalue weighted by molar-refractivity contribution is 5.29. The first kappa shape index (κ1) is 11.2. The highest BCUT2D eigenvalue weighted by Crippen LogP contribution is 2.29. The van der Waals surface area contributed by atoms with E-state index in [4.69, 9.17) is 0 Å². The third kappa shape index (κ3) is 2.63. The van der Waals surface area contributed by atoms with E-state index < -0.39 is 11.8 Å². The molecule has 1 atom stereocenters. The maximum Gasteiger partial charge on any atom is 0.264 e. The molecule has 1 aliphatic rings. The summed E-state index contributed by atoms with van der Waals surface area (Å²) in [5.41, 5.74) is 0. The van der Waals surface area contributed by atoms with E-state index in [-0.39, 0.29) is 13.1 Å². The van der Waals surface area contributed by atoms with Crippen LogP contribution in [0.1, 0.15) is 6.42 Å². The fourth-order valence-electron chi connectivity index (χ4n) is 1.76. The Morgan fingerprint density at radius 2 is 2.38 bits per heavy atom. The first-order valence-corrected chi connectivity index (χ1v) is 5.27. The van der Waals surface area contributed by atoms with Gasteiger partial charge in [0.25, 0.3) is 5.92 Å². The van der Waals surface area contributed by atoms with Crippen molar-refractivity contribution < 1.29 is 8.78 Å². The molecule has 1 unspecified atom stereocenters. The molecule has 0 radical (unpaired) electrons. The average molecular weight is 228 g/mol. The van der Waals surface area contributed by atoms with Crippen LogP contribution in [0.3, 0.4) is 0 Å². The second kappa shape index (κ2) is 4.69. The van der Waals surface area contributed by atoms with Gasteiger partial charge < -0.3 is 10.6 Å². The van der Waals surface area contributed by atoms with Gasteiger partial charge in [0.2, 0.25) is 0 Å². The molecule has 0 saturated carbocycles. The van der Waals surface area contributed by atoms with E-state index >= 15 is 0 Å². The number of hydrogen-bond acceptors (Lipinski definition) is 4. The average Bonchev–Trinajstić information content (AvgIpc) is 2.28. The standard InChI is InChI=1S/C10H14F2N4/c11-10(12)7-14-2-1-8(10)5-16-9-6-13-3-4-15-9/h3-4,6,8,14H,1-2,5,7H2,(H,15,16). The van der Waals surface area contributed by atoms with Crippen LogP contribution in [0.25, 0.3) is 0 Å². The number of rotatable bonds is 3. The zero-order valence-electron chi connectivity index (χ0n) is 8.79. The van der Waals surface area contributed by atoms with Gasteiger partial charge in [-0.1, -0.05) is 0 Å². The van der Waals surface area contributed by atoms with Crippen molar-refractivity contribution in [2.45, 2.75) is 12.3 Å². The van der Waals surface area contributed by atoms with Gasteiger partial charge in [-0.2, -0.15) is 0 Å². The van der Waals surface area contributed by atoms with E-state index in [9.17, 15) is 8.78 Å². The van der Waals surface area contributed by atoms with Crippen LogP contribution in [0.2, 0.25) is 0 Å². The van der Waals surface area contributed by atoms with Gasteiger partial charge in [0.15, 0.2) is 0 Å². The molecule has 1 aliphatic heterocycles. The SMILES string of the molecule is FC1(F)CNCCC1CNc1cnccn1. The smallest absolute Gasteiger partial charge is 0.264 e. The third-order valence-electron chi connectivity index (χ3n) is 2.72. The Morgan fingerprint density at radius 3 is 3.06 bits per heavy atom. The molecule has 0 bridgehead atoms. The summed E-state index contributed by atoms with van der Waals surface area (Å²) in [5.74, 6) is -2.75. The van der Waals surface area contributed by atoms with Gasteiger partial charge in [0.1, 0.15) is 5.82 Å². The Morgan fingerprint density at radius 1 is 1.50 bits per heavy atom. The van der Waals surface area contributed by atoms with Gasteiger partial charge in [-0.25, -0.2) is 13.8 Å². The topological polar surface area (TPSA) is 49.8 Å². The summed E-state index contributed by atoms with van der Waals surface area (Å²) in [5, 5.41) is 5.59. The summed E-state index contributed by atoms with van der Waals surface area (Å²) in [4.78, 5) is 7.84. The lowest BCUT2D eigenvalue weighted by atomic mass is 9.94. The monoisotopic (exact) mass is 228 g/mol. The number of piperidine rings is 1. The Balaban J connectivity index is 1.90. The molecule has 4 nitrogen and oxygen atoms in total. The Bertz CT molecular complexity index is 331. The molecule has 88 valence electrons. The molecule has 2 rings (SSSR count).